The third-order valence-corrected chi connectivity index (χ3v) is 2.37. The summed E-state index contributed by atoms with van der Waals surface area (Å²) in [5, 5.41) is 2.67. The number of nitrogens with zero attached hydrogens (tertiary/aromatic N) is 1. The molecule has 0 saturated heterocycles. The Kier molecular flexibility index (Phi) is 4.81. The van der Waals surface area contributed by atoms with Gasteiger partial charge in [-0.05, 0) is 30.0 Å². The molecular weight excluding hydrogens is 188 g/mol. The zero-order valence-electron chi connectivity index (χ0n) is 9.42. The minimum absolute atomic E-state index is 0.692. The molecule has 1 aromatic rings. The lowest BCUT2D eigenvalue weighted by atomic mass is 10.0. The molecule has 1 heterocycles. The molecule has 0 aliphatic heterocycles. The van der Waals surface area contributed by atoms with Crippen LogP contribution in [0, 0.1) is 0 Å². The van der Waals surface area contributed by atoms with Gasteiger partial charge in [0.25, 0.3) is 0 Å². The number of aryl methyl sites for hydroxylation is 1. The van der Waals surface area contributed by atoms with Crippen LogP contribution in [0.15, 0.2) is 12.3 Å². The molecule has 3 heteroatoms. The van der Waals surface area contributed by atoms with Crippen LogP contribution < -0.4 is 5.32 Å². The van der Waals surface area contributed by atoms with E-state index in [0.29, 0.717) is 6.41 Å². The lowest BCUT2D eigenvalue weighted by molar-refractivity contribution is -0.105. The van der Waals surface area contributed by atoms with Crippen molar-refractivity contribution in [3.05, 3.63) is 23.4 Å². The molecule has 0 unspecified atom stereocenters. The van der Waals surface area contributed by atoms with Crippen LogP contribution in [0.4, 0.5) is 5.82 Å². The Balaban J connectivity index is 3.02. The van der Waals surface area contributed by atoms with Crippen molar-refractivity contribution in [1.29, 1.82) is 0 Å². The standard InChI is InChI=1S/C12H18N2O/c1-3-5-10-7-8-13-12(14-9-15)11(10)6-4-2/h7-9H,3-6H2,1-2H3,(H,13,14,15). The molecule has 82 valence electrons. The molecule has 1 N–H and O–H groups in total. The molecule has 0 radical (unpaired) electrons. The van der Waals surface area contributed by atoms with Crippen LogP contribution in [-0.4, -0.2) is 11.4 Å². The van der Waals surface area contributed by atoms with E-state index in [4.69, 9.17) is 0 Å². The normalized spacial score (nSPS) is 10.0. The maximum atomic E-state index is 10.4. The van der Waals surface area contributed by atoms with Gasteiger partial charge in [0.05, 0.1) is 0 Å². The smallest absolute Gasteiger partial charge is 0.212 e. The quantitative estimate of drug-likeness (QED) is 0.727. The van der Waals surface area contributed by atoms with Crippen molar-refractivity contribution < 1.29 is 4.79 Å². The van der Waals surface area contributed by atoms with Crippen molar-refractivity contribution in [2.75, 3.05) is 5.32 Å². The van der Waals surface area contributed by atoms with Gasteiger partial charge in [0.15, 0.2) is 0 Å². The Labute approximate surface area is 90.9 Å². The van der Waals surface area contributed by atoms with Gasteiger partial charge in [-0.2, -0.15) is 0 Å². The van der Waals surface area contributed by atoms with Gasteiger partial charge in [-0.1, -0.05) is 26.7 Å². The fourth-order valence-electron chi connectivity index (χ4n) is 1.75. The highest BCUT2D eigenvalue weighted by atomic mass is 16.1. The van der Waals surface area contributed by atoms with Gasteiger partial charge in [-0.3, -0.25) is 4.79 Å². The summed E-state index contributed by atoms with van der Waals surface area (Å²) >= 11 is 0. The number of anilines is 1. The molecule has 0 bridgehead atoms. The van der Waals surface area contributed by atoms with E-state index in [2.05, 4.69) is 24.1 Å². The highest BCUT2D eigenvalue weighted by molar-refractivity contribution is 5.71. The maximum absolute atomic E-state index is 10.4. The Morgan fingerprint density at radius 1 is 1.33 bits per heavy atom. The van der Waals surface area contributed by atoms with Crippen LogP contribution in [0.5, 0.6) is 0 Å². The average Bonchev–Trinajstić information content (AvgIpc) is 2.23. The Hall–Kier alpha value is -1.38. The van der Waals surface area contributed by atoms with Crippen molar-refractivity contribution in [2.45, 2.75) is 39.5 Å². The zero-order chi connectivity index (χ0) is 11.1. The molecule has 0 atom stereocenters. The number of carbonyl (C=O) groups is 1. The summed E-state index contributed by atoms with van der Waals surface area (Å²) in [5.41, 5.74) is 2.49. The molecule has 3 nitrogen and oxygen atoms in total. The summed E-state index contributed by atoms with van der Waals surface area (Å²) in [6.07, 6.45) is 6.65. The fraction of sp³-hybridized carbons (Fsp3) is 0.500. The Bertz CT molecular complexity index is 323. The summed E-state index contributed by atoms with van der Waals surface area (Å²) in [6, 6.07) is 2.05. The van der Waals surface area contributed by atoms with Gasteiger partial charge in [-0.15, -0.1) is 0 Å². The van der Waals surface area contributed by atoms with Crippen LogP contribution >= 0.6 is 0 Å². The number of amides is 1. The first-order chi connectivity index (χ1) is 7.33. The first kappa shape index (κ1) is 11.7. The Morgan fingerprint density at radius 2 is 2.07 bits per heavy atom. The van der Waals surface area contributed by atoms with Gasteiger partial charge in [-0.25, -0.2) is 4.98 Å². The van der Waals surface area contributed by atoms with Crippen LogP contribution in [0.25, 0.3) is 0 Å². The van der Waals surface area contributed by atoms with Crippen LogP contribution in [0.3, 0.4) is 0 Å². The second kappa shape index (κ2) is 6.17. The molecule has 1 amide bonds. The van der Waals surface area contributed by atoms with Crippen LogP contribution in [0.1, 0.15) is 37.8 Å². The zero-order valence-corrected chi connectivity index (χ0v) is 9.42. The highest BCUT2D eigenvalue weighted by Crippen LogP contribution is 2.20. The predicted molar refractivity (Wildman–Crippen MR) is 61.9 cm³/mol. The van der Waals surface area contributed by atoms with Crippen molar-refractivity contribution in [3.63, 3.8) is 0 Å². The number of aromatic nitrogens is 1. The summed E-state index contributed by atoms with van der Waals surface area (Å²) in [6.45, 7) is 4.29. The third-order valence-electron chi connectivity index (χ3n) is 2.37. The van der Waals surface area contributed by atoms with E-state index in [-0.39, 0.29) is 0 Å². The number of rotatable bonds is 6. The topological polar surface area (TPSA) is 42.0 Å². The van der Waals surface area contributed by atoms with Gasteiger partial charge in [0.1, 0.15) is 5.82 Å². The number of nitrogens with one attached hydrogen (secondary N) is 1. The summed E-state index contributed by atoms with van der Waals surface area (Å²) in [5.74, 6) is 0.720. The first-order valence-electron chi connectivity index (χ1n) is 5.50. The van der Waals surface area contributed by atoms with Crippen molar-refractivity contribution >= 4 is 12.2 Å². The third kappa shape index (κ3) is 3.05. The molecule has 1 rings (SSSR count). The highest BCUT2D eigenvalue weighted by Gasteiger charge is 2.07. The van der Waals surface area contributed by atoms with E-state index in [1.807, 2.05) is 6.07 Å². The lowest BCUT2D eigenvalue weighted by Crippen LogP contribution is -2.05. The maximum Gasteiger partial charge on any atom is 0.212 e. The van der Waals surface area contributed by atoms with Crippen molar-refractivity contribution in [1.82, 2.24) is 4.98 Å². The molecule has 0 saturated carbocycles. The monoisotopic (exact) mass is 206 g/mol. The minimum atomic E-state index is 0.692. The number of hydrogen-bond donors (Lipinski definition) is 1. The van der Waals surface area contributed by atoms with Gasteiger partial charge in [0, 0.05) is 6.20 Å². The van der Waals surface area contributed by atoms with E-state index < -0.39 is 0 Å². The van der Waals surface area contributed by atoms with E-state index >= 15 is 0 Å². The molecule has 0 aromatic carbocycles. The van der Waals surface area contributed by atoms with Crippen LogP contribution in [-0.2, 0) is 17.6 Å². The predicted octanol–water partition coefficient (Wildman–Crippen LogP) is 2.55. The molecular formula is C12H18N2O. The molecule has 15 heavy (non-hydrogen) atoms. The summed E-state index contributed by atoms with van der Waals surface area (Å²) in [4.78, 5) is 14.6. The van der Waals surface area contributed by atoms with Crippen molar-refractivity contribution in [2.24, 2.45) is 0 Å². The largest absolute Gasteiger partial charge is 0.313 e. The first-order valence-corrected chi connectivity index (χ1v) is 5.50. The fourth-order valence-corrected chi connectivity index (χ4v) is 1.75. The molecule has 0 fully saturated rings. The molecule has 0 spiro atoms. The minimum Gasteiger partial charge on any atom is -0.313 e. The van der Waals surface area contributed by atoms with Gasteiger partial charge in [0.2, 0.25) is 6.41 Å². The van der Waals surface area contributed by atoms with Crippen molar-refractivity contribution in [3.8, 4) is 0 Å². The summed E-state index contributed by atoms with van der Waals surface area (Å²) < 4.78 is 0. The van der Waals surface area contributed by atoms with E-state index in [1.165, 1.54) is 11.1 Å². The number of hydrogen-bond acceptors (Lipinski definition) is 2. The van der Waals surface area contributed by atoms with E-state index in [9.17, 15) is 4.79 Å². The summed E-state index contributed by atoms with van der Waals surface area (Å²) in [7, 11) is 0. The molecule has 0 aliphatic rings. The average molecular weight is 206 g/mol. The molecule has 1 aromatic heterocycles. The molecule has 0 aliphatic carbocycles. The second-order valence-electron chi connectivity index (χ2n) is 3.56. The Morgan fingerprint density at radius 3 is 2.67 bits per heavy atom. The van der Waals surface area contributed by atoms with E-state index in [1.54, 1.807) is 6.20 Å². The van der Waals surface area contributed by atoms with Crippen LogP contribution in [0.2, 0.25) is 0 Å². The van der Waals surface area contributed by atoms with E-state index in [0.717, 1.165) is 31.5 Å². The number of pyridine rings is 1. The second-order valence-corrected chi connectivity index (χ2v) is 3.56. The lowest BCUT2D eigenvalue weighted by Gasteiger charge is -2.11. The van der Waals surface area contributed by atoms with Gasteiger partial charge >= 0.3 is 0 Å². The number of carbonyl (C=O) groups excluding carboxylic acids is 1. The SMILES string of the molecule is CCCc1ccnc(NC=O)c1CCC. The van der Waals surface area contributed by atoms with Gasteiger partial charge < -0.3 is 5.32 Å².